The molecule has 0 heterocycles. The summed E-state index contributed by atoms with van der Waals surface area (Å²) in [4.78, 5) is 0. The zero-order valence-electron chi connectivity index (χ0n) is 11.1. The normalized spacial score (nSPS) is 12.4. The summed E-state index contributed by atoms with van der Waals surface area (Å²) in [5, 5.41) is 1.27. The summed E-state index contributed by atoms with van der Waals surface area (Å²) in [6, 6.07) is 8.23. The van der Waals surface area contributed by atoms with Crippen LogP contribution in [0.4, 0.5) is 13.2 Å². The molecule has 2 aromatic carbocycles. The number of hydrogen-bond donors (Lipinski definition) is 0. The number of rotatable bonds is 3. The van der Waals surface area contributed by atoms with Gasteiger partial charge in [0.1, 0.15) is 0 Å². The summed E-state index contributed by atoms with van der Waals surface area (Å²) in [6.45, 7) is 1.46. The van der Waals surface area contributed by atoms with E-state index in [1.165, 1.54) is 20.1 Å². The van der Waals surface area contributed by atoms with Gasteiger partial charge in [-0.05, 0) is 23.8 Å². The lowest BCUT2D eigenvalue weighted by Gasteiger charge is -2.16. The van der Waals surface area contributed by atoms with Gasteiger partial charge in [0.15, 0.2) is 11.5 Å². The first-order valence-electron chi connectivity index (χ1n) is 5.74. The van der Waals surface area contributed by atoms with Gasteiger partial charge in [-0.3, -0.25) is 0 Å². The van der Waals surface area contributed by atoms with Crippen LogP contribution < -0.4 is 8.92 Å². The summed E-state index contributed by atoms with van der Waals surface area (Å²) in [5.41, 5.74) is -5.26. The largest absolute Gasteiger partial charge is 0.534 e. The van der Waals surface area contributed by atoms with Crippen LogP contribution in [0, 0.1) is 6.92 Å². The van der Waals surface area contributed by atoms with Crippen LogP contribution in [0.3, 0.4) is 0 Å². The smallest absolute Gasteiger partial charge is 0.493 e. The molecule has 0 saturated carbocycles. The van der Waals surface area contributed by atoms with Crippen molar-refractivity contribution in [3.8, 4) is 11.5 Å². The standard InChI is InChI=1S/C13H11F3O4S/c1-8-10-6-4-3-5-9(10)7-11(19-2)12(8)20-21(17,18)13(14,15)16/h3-7H,1-2H3. The number of methoxy groups -OCH3 is 1. The van der Waals surface area contributed by atoms with Crippen molar-refractivity contribution in [2.45, 2.75) is 12.4 Å². The topological polar surface area (TPSA) is 52.6 Å². The maximum absolute atomic E-state index is 12.4. The molecule has 0 aliphatic rings. The Morgan fingerprint density at radius 1 is 1.14 bits per heavy atom. The van der Waals surface area contributed by atoms with Gasteiger partial charge in [0, 0.05) is 5.56 Å². The summed E-state index contributed by atoms with van der Waals surface area (Å²) in [7, 11) is -4.54. The molecule has 2 rings (SSSR count). The summed E-state index contributed by atoms with van der Waals surface area (Å²) in [5.74, 6) is -0.549. The van der Waals surface area contributed by atoms with E-state index in [2.05, 4.69) is 4.18 Å². The molecule has 114 valence electrons. The Hall–Kier alpha value is -1.96. The van der Waals surface area contributed by atoms with E-state index in [4.69, 9.17) is 4.74 Å². The molecule has 0 spiro atoms. The number of hydrogen-bond acceptors (Lipinski definition) is 4. The van der Waals surface area contributed by atoms with Crippen molar-refractivity contribution in [1.29, 1.82) is 0 Å². The first-order valence-corrected chi connectivity index (χ1v) is 7.15. The molecule has 0 aliphatic carbocycles. The third-order valence-corrected chi connectivity index (χ3v) is 3.87. The number of aryl methyl sites for hydroxylation is 1. The Morgan fingerprint density at radius 3 is 2.33 bits per heavy atom. The third kappa shape index (κ3) is 2.76. The molecule has 0 amide bonds. The fourth-order valence-corrected chi connectivity index (χ4v) is 2.41. The van der Waals surface area contributed by atoms with Crippen molar-refractivity contribution in [2.75, 3.05) is 7.11 Å². The average Bonchev–Trinajstić information content (AvgIpc) is 2.40. The van der Waals surface area contributed by atoms with Gasteiger partial charge in [0.05, 0.1) is 7.11 Å². The van der Waals surface area contributed by atoms with Crippen LogP contribution in [0.25, 0.3) is 10.8 Å². The highest BCUT2D eigenvalue weighted by molar-refractivity contribution is 7.88. The molecule has 4 nitrogen and oxygen atoms in total. The molecule has 0 radical (unpaired) electrons. The van der Waals surface area contributed by atoms with Crippen LogP contribution in [-0.2, 0) is 10.1 Å². The molecule has 0 fully saturated rings. The van der Waals surface area contributed by atoms with Crippen LogP contribution in [0.5, 0.6) is 11.5 Å². The van der Waals surface area contributed by atoms with Gasteiger partial charge in [-0.15, -0.1) is 0 Å². The highest BCUT2D eigenvalue weighted by atomic mass is 32.2. The summed E-state index contributed by atoms with van der Waals surface area (Å²) < 4.78 is 68.9. The Balaban J connectivity index is 2.66. The quantitative estimate of drug-likeness (QED) is 0.642. The molecule has 0 bridgehead atoms. The molecule has 0 unspecified atom stereocenters. The minimum atomic E-state index is -5.75. The van der Waals surface area contributed by atoms with E-state index in [1.807, 2.05) is 0 Å². The number of ether oxygens (including phenoxy) is 1. The molecular formula is C13H11F3O4S. The van der Waals surface area contributed by atoms with Crippen LogP contribution in [0.15, 0.2) is 30.3 Å². The molecule has 0 aliphatic heterocycles. The van der Waals surface area contributed by atoms with E-state index in [0.717, 1.165) is 0 Å². The summed E-state index contributed by atoms with van der Waals surface area (Å²) >= 11 is 0. The predicted molar refractivity (Wildman–Crippen MR) is 70.8 cm³/mol. The van der Waals surface area contributed by atoms with E-state index < -0.39 is 21.4 Å². The zero-order valence-corrected chi connectivity index (χ0v) is 11.9. The molecule has 0 aromatic heterocycles. The van der Waals surface area contributed by atoms with Gasteiger partial charge < -0.3 is 8.92 Å². The highest BCUT2D eigenvalue weighted by Crippen LogP contribution is 2.39. The van der Waals surface area contributed by atoms with E-state index in [0.29, 0.717) is 10.8 Å². The second-order valence-corrected chi connectivity index (χ2v) is 5.78. The van der Waals surface area contributed by atoms with Gasteiger partial charge in [0.25, 0.3) is 0 Å². The van der Waals surface area contributed by atoms with Crippen molar-refractivity contribution in [3.63, 3.8) is 0 Å². The van der Waals surface area contributed by atoms with Crippen LogP contribution in [0.1, 0.15) is 5.56 Å². The predicted octanol–water partition coefficient (Wildman–Crippen LogP) is 3.39. The number of halogens is 3. The third-order valence-electron chi connectivity index (χ3n) is 2.91. The Kier molecular flexibility index (Phi) is 3.75. The number of benzene rings is 2. The fraction of sp³-hybridized carbons (Fsp3) is 0.231. The van der Waals surface area contributed by atoms with E-state index in [9.17, 15) is 21.6 Å². The van der Waals surface area contributed by atoms with E-state index >= 15 is 0 Å². The highest BCUT2D eigenvalue weighted by Gasteiger charge is 2.49. The molecule has 0 N–H and O–H groups in total. The lowest BCUT2D eigenvalue weighted by Crippen LogP contribution is -2.28. The van der Waals surface area contributed by atoms with Crippen molar-refractivity contribution < 1.29 is 30.5 Å². The Labute approximate surface area is 119 Å². The SMILES string of the molecule is COc1cc2ccccc2c(C)c1OS(=O)(=O)C(F)(F)F. The van der Waals surface area contributed by atoms with Gasteiger partial charge >= 0.3 is 15.6 Å². The Morgan fingerprint density at radius 2 is 1.76 bits per heavy atom. The van der Waals surface area contributed by atoms with Crippen molar-refractivity contribution in [1.82, 2.24) is 0 Å². The first kappa shape index (κ1) is 15.4. The average molecular weight is 320 g/mol. The van der Waals surface area contributed by atoms with E-state index in [1.54, 1.807) is 24.3 Å². The lowest BCUT2D eigenvalue weighted by atomic mass is 10.0. The van der Waals surface area contributed by atoms with Crippen LogP contribution >= 0.6 is 0 Å². The Bertz CT molecular complexity index is 782. The summed E-state index contributed by atoms with van der Waals surface area (Å²) in [6.07, 6.45) is 0. The van der Waals surface area contributed by atoms with Crippen molar-refractivity contribution in [2.24, 2.45) is 0 Å². The van der Waals surface area contributed by atoms with E-state index in [-0.39, 0.29) is 11.3 Å². The fourth-order valence-electron chi connectivity index (χ4n) is 1.89. The van der Waals surface area contributed by atoms with Gasteiger partial charge in [-0.1, -0.05) is 24.3 Å². The monoisotopic (exact) mass is 320 g/mol. The van der Waals surface area contributed by atoms with Crippen LogP contribution in [0.2, 0.25) is 0 Å². The van der Waals surface area contributed by atoms with Gasteiger partial charge in [-0.25, -0.2) is 0 Å². The lowest BCUT2D eigenvalue weighted by molar-refractivity contribution is -0.0500. The first-order chi connectivity index (χ1) is 9.67. The second-order valence-electron chi connectivity index (χ2n) is 4.24. The minimum Gasteiger partial charge on any atom is -0.493 e. The number of alkyl halides is 3. The van der Waals surface area contributed by atoms with Crippen molar-refractivity contribution >= 4 is 20.9 Å². The zero-order chi connectivity index (χ0) is 15.8. The molecule has 0 saturated heterocycles. The number of fused-ring (bicyclic) bond motifs is 1. The molecule has 8 heteroatoms. The van der Waals surface area contributed by atoms with Gasteiger partial charge in [0.2, 0.25) is 0 Å². The minimum absolute atomic E-state index is 0.0842. The molecule has 21 heavy (non-hydrogen) atoms. The van der Waals surface area contributed by atoms with Gasteiger partial charge in [-0.2, -0.15) is 21.6 Å². The molecular weight excluding hydrogens is 309 g/mol. The van der Waals surface area contributed by atoms with Crippen LogP contribution in [-0.4, -0.2) is 21.0 Å². The maximum atomic E-state index is 12.4. The molecule has 0 atom stereocenters. The van der Waals surface area contributed by atoms with Crippen molar-refractivity contribution in [3.05, 3.63) is 35.9 Å². The maximum Gasteiger partial charge on any atom is 0.534 e. The molecule has 2 aromatic rings. The second kappa shape index (κ2) is 5.10.